The van der Waals surface area contributed by atoms with Crippen molar-refractivity contribution in [3.8, 4) is 5.69 Å². The molecule has 2 N–H and O–H groups in total. The lowest BCUT2D eigenvalue weighted by Gasteiger charge is -2.13. The normalized spacial score (nSPS) is 11.5. The molecule has 0 saturated heterocycles. The van der Waals surface area contributed by atoms with Gasteiger partial charge in [0, 0.05) is 22.7 Å². The number of carbonyl (C=O) groups excluding carboxylic acids is 2. The van der Waals surface area contributed by atoms with Gasteiger partial charge in [-0.05, 0) is 49.4 Å². The quantitative estimate of drug-likeness (QED) is 0.435. The number of anilines is 1. The highest BCUT2D eigenvalue weighted by atomic mass is 19.4. The van der Waals surface area contributed by atoms with Gasteiger partial charge in [0.2, 0.25) is 0 Å². The molecule has 2 heterocycles. The summed E-state index contributed by atoms with van der Waals surface area (Å²) in [6.45, 7) is 1.43. The molecule has 10 heteroatoms. The van der Waals surface area contributed by atoms with E-state index in [1.807, 2.05) is 12.1 Å². The summed E-state index contributed by atoms with van der Waals surface area (Å²) in [6.07, 6.45) is -2.27. The molecule has 7 nitrogen and oxygen atoms in total. The van der Waals surface area contributed by atoms with E-state index in [0.717, 1.165) is 17.1 Å². The molecule has 1 amide bonds. The van der Waals surface area contributed by atoms with Gasteiger partial charge in [0.25, 0.3) is 5.91 Å². The molecular weight excluding hydrogens is 425 g/mol. The second kappa shape index (κ2) is 8.22. The van der Waals surface area contributed by atoms with E-state index in [9.17, 15) is 22.8 Å². The lowest BCUT2D eigenvalue weighted by Crippen LogP contribution is -2.18. The molecule has 2 aromatic heterocycles. The molecule has 0 atom stereocenters. The van der Waals surface area contributed by atoms with Crippen LogP contribution in [0.3, 0.4) is 0 Å². The Balaban J connectivity index is 1.62. The fourth-order valence-corrected chi connectivity index (χ4v) is 3.32. The lowest BCUT2D eigenvalue weighted by atomic mass is 10.1. The van der Waals surface area contributed by atoms with Crippen molar-refractivity contribution in [2.75, 3.05) is 11.9 Å². The summed E-state index contributed by atoms with van der Waals surface area (Å²) in [4.78, 5) is 27.6. The summed E-state index contributed by atoms with van der Waals surface area (Å²) < 4.78 is 46.2. The van der Waals surface area contributed by atoms with Crippen LogP contribution in [-0.2, 0) is 10.9 Å². The Morgan fingerprint density at radius 1 is 1.12 bits per heavy atom. The summed E-state index contributed by atoms with van der Waals surface area (Å²) in [7, 11) is 0. The zero-order valence-electron chi connectivity index (χ0n) is 16.7. The van der Waals surface area contributed by atoms with Gasteiger partial charge in [-0.3, -0.25) is 4.79 Å². The van der Waals surface area contributed by atoms with Gasteiger partial charge in [-0.2, -0.15) is 18.3 Å². The molecule has 4 aromatic rings. The number of benzene rings is 2. The van der Waals surface area contributed by atoms with Crippen molar-refractivity contribution in [3.05, 3.63) is 77.7 Å². The molecule has 0 unspecified atom stereocenters. The predicted molar refractivity (Wildman–Crippen MR) is 111 cm³/mol. The third-order valence-corrected chi connectivity index (χ3v) is 4.75. The topological polar surface area (TPSA) is 89.0 Å². The number of nitrogens with zero attached hydrogens (tertiary/aromatic N) is 2. The Hall–Kier alpha value is -4.08. The molecule has 0 aliphatic carbocycles. The zero-order chi connectivity index (χ0) is 22.9. The monoisotopic (exact) mass is 442 g/mol. The first-order valence-electron chi connectivity index (χ1n) is 9.60. The van der Waals surface area contributed by atoms with Gasteiger partial charge >= 0.3 is 12.1 Å². The highest BCUT2D eigenvalue weighted by Gasteiger charge is 2.41. The molecule has 0 bridgehead atoms. The number of alkyl halides is 3. The van der Waals surface area contributed by atoms with Gasteiger partial charge in [-0.25, -0.2) is 9.48 Å². The van der Waals surface area contributed by atoms with Crippen LogP contribution in [0.2, 0.25) is 0 Å². The number of fused-ring (bicyclic) bond motifs is 1. The van der Waals surface area contributed by atoms with Gasteiger partial charge in [0.15, 0.2) is 5.69 Å². The second-order valence-electron chi connectivity index (χ2n) is 6.78. The van der Waals surface area contributed by atoms with E-state index < -0.39 is 29.3 Å². The Bertz CT molecular complexity index is 1290. The number of aromatic nitrogens is 3. The highest BCUT2D eigenvalue weighted by Crippen LogP contribution is 2.34. The second-order valence-corrected chi connectivity index (χ2v) is 6.78. The Morgan fingerprint density at radius 2 is 1.88 bits per heavy atom. The van der Waals surface area contributed by atoms with Crippen LogP contribution < -0.4 is 5.32 Å². The third kappa shape index (κ3) is 3.94. The minimum Gasteiger partial charge on any atom is -0.462 e. The highest BCUT2D eigenvalue weighted by molar-refractivity contribution is 6.08. The van der Waals surface area contributed by atoms with E-state index in [-0.39, 0.29) is 17.9 Å². The molecule has 0 radical (unpaired) electrons. The molecule has 4 rings (SSSR count). The molecule has 164 valence electrons. The molecule has 0 aliphatic heterocycles. The number of amides is 1. The number of rotatable bonds is 5. The van der Waals surface area contributed by atoms with E-state index in [2.05, 4.69) is 15.4 Å². The number of esters is 1. The molecule has 0 fully saturated rings. The molecule has 32 heavy (non-hydrogen) atoms. The molecule has 0 saturated carbocycles. The van der Waals surface area contributed by atoms with Crippen molar-refractivity contribution in [1.82, 2.24) is 14.8 Å². The van der Waals surface area contributed by atoms with Crippen LogP contribution in [0.4, 0.5) is 18.9 Å². The van der Waals surface area contributed by atoms with Crippen LogP contribution in [-0.4, -0.2) is 33.2 Å². The maximum Gasteiger partial charge on any atom is 0.434 e. The number of hydrogen-bond donors (Lipinski definition) is 2. The van der Waals surface area contributed by atoms with Gasteiger partial charge in [0.1, 0.15) is 5.56 Å². The van der Waals surface area contributed by atoms with E-state index in [4.69, 9.17) is 4.74 Å². The van der Waals surface area contributed by atoms with Crippen molar-refractivity contribution in [1.29, 1.82) is 0 Å². The number of carbonyl (C=O) groups is 2. The first kappa shape index (κ1) is 21.2. The van der Waals surface area contributed by atoms with Crippen LogP contribution in [0.1, 0.15) is 33.3 Å². The number of nitrogens with one attached hydrogen (secondary N) is 2. The van der Waals surface area contributed by atoms with Crippen LogP contribution in [0.5, 0.6) is 0 Å². The van der Waals surface area contributed by atoms with Gasteiger partial charge in [0.05, 0.1) is 24.2 Å². The third-order valence-electron chi connectivity index (χ3n) is 4.75. The van der Waals surface area contributed by atoms with E-state index in [1.54, 1.807) is 18.3 Å². The first-order valence-corrected chi connectivity index (χ1v) is 9.60. The summed E-state index contributed by atoms with van der Waals surface area (Å²) in [6, 6.07) is 12.6. The van der Waals surface area contributed by atoms with Crippen LogP contribution in [0.15, 0.2) is 60.9 Å². The average molecular weight is 442 g/mol. The van der Waals surface area contributed by atoms with Gasteiger partial charge in [-0.1, -0.05) is 6.07 Å². The smallest absolute Gasteiger partial charge is 0.434 e. The SMILES string of the molecule is CCOC(=O)c1cnn(-c2ccc(C(=O)Nc3cccc4[nH]ccc34)cc2)c1C(F)(F)F. The Morgan fingerprint density at radius 3 is 2.56 bits per heavy atom. The van der Waals surface area contributed by atoms with Crippen LogP contribution >= 0.6 is 0 Å². The standard InChI is InChI=1S/C22H17F3N4O3/c1-2-32-21(31)16-12-27-29(19(16)22(23,24)25)14-8-6-13(7-9-14)20(30)28-18-5-3-4-17-15(18)10-11-26-17/h3-12,26H,2H2,1H3,(H,28,30). The van der Waals surface area contributed by atoms with E-state index in [1.165, 1.54) is 31.2 Å². The summed E-state index contributed by atoms with van der Waals surface area (Å²) in [5.74, 6) is -1.53. The van der Waals surface area contributed by atoms with Crippen LogP contribution in [0.25, 0.3) is 16.6 Å². The summed E-state index contributed by atoms with van der Waals surface area (Å²) in [5, 5.41) is 7.34. The Kier molecular flexibility index (Phi) is 5.43. The van der Waals surface area contributed by atoms with Gasteiger partial charge < -0.3 is 15.0 Å². The van der Waals surface area contributed by atoms with Crippen molar-refractivity contribution in [2.24, 2.45) is 0 Å². The average Bonchev–Trinajstić information content (AvgIpc) is 3.42. The van der Waals surface area contributed by atoms with E-state index >= 15 is 0 Å². The van der Waals surface area contributed by atoms with Crippen molar-refractivity contribution < 1.29 is 27.5 Å². The fraction of sp³-hybridized carbons (Fsp3) is 0.136. The van der Waals surface area contributed by atoms with Crippen molar-refractivity contribution in [2.45, 2.75) is 13.1 Å². The molecule has 0 spiro atoms. The minimum absolute atomic E-state index is 0.0390. The Labute approximate surface area is 179 Å². The lowest BCUT2D eigenvalue weighted by molar-refractivity contribution is -0.143. The summed E-state index contributed by atoms with van der Waals surface area (Å²) in [5.41, 5.74) is -0.185. The number of H-pyrrole nitrogens is 1. The van der Waals surface area contributed by atoms with Gasteiger partial charge in [-0.15, -0.1) is 0 Å². The molecular formula is C22H17F3N4O3. The number of aromatic amines is 1. The largest absolute Gasteiger partial charge is 0.462 e. The van der Waals surface area contributed by atoms with Crippen molar-refractivity contribution in [3.63, 3.8) is 0 Å². The first-order chi connectivity index (χ1) is 15.3. The number of halogens is 3. The molecule has 0 aliphatic rings. The maximum absolute atomic E-state index is 13.6. The minimum atomic E-state index is -4.84. The fourth-order valence-electron chi connectivity index (χ4n) is 3.32. The summed E-state index contributed by atoms with van der Waals surface area (Å²) >= 11 is 0. The zero-order valence-corrected chi connectivity index (χ0v) is 16.7. The molecule has 2 aromatic carbocycles. The van der Waals surface area contributed by atoms with Crippen LogP contribution in [0, 0.1) is 0 Å². The number of ether oxygens (including phenoxy) is 1. The van der Waals surface area contributed by atoms with E-state index in [0.29, 0.717) is 10.4 Å². The van der Waals surface area contributed by atoms with Crippen molar-refractivity contribution >= 4 is 28.5 Å². The predicted octanol–water partition coefficient (Wildman–Crippen LogP) is 4.80. The number of hydrogen-bond acceptors (Lipinski definition) is 4. The maximum atomic E-state index is 13.6.